The minimum Gasteiger partial charge on any atom is -0.478 e. The van der Waals surface area contributed by atoms with Crippen LogP contribution in [0.15, 0.2) is 30.3 Å². The lowest BCUT2D eigenvalue weighted by atomic mass is 9.86. The Balaban J connectivity index is 2.29. The second kappa shape index (κ2) is 14.2. The van der Waals surface area contributed by atoms with Crippen LogP contribution in [0.2, 0.25) is 0 Å². The molecule has 14 heteroatoms. The Morgan fingerprint density at radius 3 is 1.56 bits per heavy atom. The van der Waals surface area contributed by atoms with E-state index in [-0.39, 0.29) is 12.8 Å². The Morgan fingerprint density at radius 1 is 0.667 bits per heavy atom. The summed E-state index contributed by atoms with van der Waals surface area (Å²) < 4.78 is 143. The predicted octanol–water partition coefficient (Wildman–Crippen LogP) is 9.20. The largest absolute Gasteiger partial charge is 0.478 e. The molecule has 0 heterocycles. The van der Waals surface area contributed by atoms with Gasteiger partial charge >= 0.3 is 30.2 Å². The Bertz CT molecular complexity index is 912. The van der Waals surface area contributed by atoms with Crippen LogP contribution < -0.4 is 5.32 Å². The summed E-state index contributed by atoms with van der Waals surface area (Å²) in [4.78, 5) is 10.5. The molecule has 1 aromatic rings. The normalized spacial score (nSPS) is 14.9. The van der Waals surface area contributed by atoms with Gasteiger partial charge in [0.1, 0.15) is 0 Å². The van der Waals surface area contributed by atoms with Crippen LogP contribution in [0.25, 0.3) is 6.08 Å². The van der Waals surface area contributed by atoms with Crippen LogP contribution in [0.3, 0.4) is 0 Å². The number of alkyl halides is 11. The van der Waals surface area contributed by atoms with Crippen molar-refractivity contribution in [1.29, 1.82) is 0 Å². The van der Waals surface area contributed by atoms with Crippen molar-refractivity contribution in [3.63, 3.8) is 0 Å². The predicted molar refractivity (Wildman–Crippen MR) is 124 cm³/mol. The monoisotopic (exact) mass is 585 g/mol. The maximum atomic E-state index is 14.2. The number of nitrogens with one attached hydrogen (secondary N) is 1. The van der Waals surface area contributed by atoms with Gasteiger partial charge in [0, 0.05) is 18.3 Å². The number of rotatable bonds is 17. The molecule has 0 spiro atoms. The van der Waals surface area contributed by atoms with E-state index in [0.29, 0.717) is 19.4 Å². The smallest absolute Gasteiger partial charge is 0.460 e. The Morgan fingerprint density at radius 2 is 1.13 bits per heavy atom. The minimum atomic E-state index is -7.20. The van der Waals surface area contributed by atoms with Gasteiger partial charge in [0.25, 0.3) is 5.67 Å². The molecule has 0 aliphatic carbocycles. The summed E-state index contributed by atoms with van der Waals surface area (Å²) in [5.74, 6) is -15.3. The van der Waals surface area contributed by atoms with E-state index in [1.807, 2.05) is 0 Å². The molecule has 3 nitrogen and oxygen atoms in total. The van der Waals surface area contributed by atoms with E-state index in [9.17, 15) is 53.1 Å². The zero-order valence-corrected chi connectivity index (χ0v) is 20.8. The quantitative estimate of drug-likeness (QED) is 0.109. The number of carboxylic acids is 1. The van der Waals surface area contributed by atoms with Gasteiger partial charge in [0.2, 0.25) is 0 Å². The van der Waals surface area contributed by atoms with E-state index in [1.54, 1.807) is 24.3 Å². The molecule has 0 radical (unpaired) electrons. The number of hydrogen-bond donors (Lipinski definition) is 2. The maximum Gasteiger partial charge on any atom is 0.460 e. The third-order valence-corrected chi connectivity index (χ3v) is 6.05. The molecule has 0 saturated heterocycles. The summed E-state index contributed by atoms with van der Waals surface area (Å²) in [7, 11) is 0. The van der Waals surface area contributed by atoms with Gasteiger partial charge in [0.15, 0.2) is 0 Å². The van der Waals surface area contributed by atoms with Crippen molar-refractivity contribution >= 4 is 17.7 Å². The van der Waals surface area contributed by atoms with Crippen LogP contribution >= 0.6 is 0 Å². The highest BCUT2D eigenvalue weighted by atomic mass is 19.4. The fourth-order valence-corrected chi connectivity index (χ4v) is 3.75. The topological polar surface area (TPSA) is 49.3 Å². The second-order valence-electron chi connectivity index (χ2n) is 9.10. The number of unbranched alkanes of at least 4 members (excludes halogenated alkanes) is 8. The molecule has 0 fully saturated rings. The van der Waals surface area contributed by atoms with Crippen molar-refractivity contribution in [3.05, 3.63) is 35.9 Å². The summed E-state index contributed by atoms with van der Waals surface area (Å²) in [6.45, 7) is 0.673. The number of benzene rings is 1. The Kier molecular flexibility index (Phi) is 12.6. The minimum absolute atomic E-state index is 0.175. The van der Waals surface area contributed by atoms with Crippen molar-refractivity contribution in [2.75, 3.05) is 11.9 Å². The van der Waals surface area contributed by atoms with Crippen molar-refractivity contribution in [2.24, 2.45) is 0 Å². The molecule has 0 bridgehead atoms. The van der Waals surface area contributed by atoms with Gasteiger partial charge in [-0.2, -0.15) is 43.9 Å². The Hall–Kier alpha value is -2.54. The van der Waals surface area contributed by atoms with Crippen LogP contribution in [0.4, 0.5) is 54.0 Å². The summed E-state index contributed by atoms with van der Waals surface area (Å²) in [5.41, 5.74) is -4.45. The summed E-state index contributed by atoms with van der Waals surface area (Å²) in [6.07, 6.45) is -10.1. The highest BCUT2D eigenvalue weighted by Crippen LogP contribution is 2.58. The highest BCUT2D eigenvalue weighted by Gasteiger charge is 2.85. The van der Waals surface area contributed by atoms with Crippen molar-refractivity contribution in [1.82, 2.24) is 0 Å². The molecule has 1 aromatic carbocycles. The van der Waals surface area contributed by atoms with Crippen LogP contribution in [-0.2, 0) is 4.79 Å². The average Bonchev–Trinajstić information content (AvgIpc) is 2.82. The number of carbonyl (C=O) groups is 1. The summed E-state index contributed by atoms with van der Waals surface area (Å²) in [5, 5.41) is 11.8. The zero-order valence-electron chi connectivity index (χ0n) is 20.8. The fraction of sp³-hybridized carbons (Fsp3) is 0.640. The molecule has 0 aliphatic heterocycles. The molecule has 39 heavy (non-hydrogen) atoms. The van der Waals surface area contributed by atoms with Gasteiger partial charge < -0.3 is 10.4 Å². The van der Waals surface area contributed by atoms with Crippen molar-refractivity contribution in [3.8, 4) is 0 Å². The molecule has 0 aromatic heterocycles. The van der Waals surface area contributed by atoms with E-state index in [1.165, 1.54) is 6.08 Å². The lowest BCUT2D eigenvalue weighted by Crippen LogP contribution is -2.67. The average molecular weight is 585 g/mol. The third-order valence-electron chi connectivity index (χ3n) is 6.05. The molecule has 1 rings (SSSR count). The van der Waals surface area contributed by atoms with Crippen molar-refractivity contribution in [2.45, 2.75) is 94.1 Å². The molecule has 0 saturated carbocycles. The third kappa shape index (κ3) is 9.55. The molecule has 0 amide bonds. The molecule has 224 valence electrons. The summed E-state index contributed by atoms with van der Waals surface area (Å²) >= 11 is 0. The van der Waals surface area contributed by atoms with E-state index in [2.05, 4.69) is 5.32 Å². The molecule has 1 unspecified atom stereocenters. The maximum absolute atomic E-state index is 14.2. The molecule has 1 atom stereocenters. The highest BCUT2D eigenvalue weighted by molar-refractivity contribution is 5.85. The lowest BCUT2D eigenvalue weighted by Gasteiger charge is -2.39. The number of halogens is 11. The second-order valence-corrected chi connectivity index (χ2v) is 9.10. The van der Waals surface area contributed by atoms with E-state index in [0.717, 1.165) is 43.0 Å². The first-order chi connectivity index (χ1) is 17.9. The fourth-order valence-electron chi connectivity index (χ4n) is 3.75. The first-order valence-corrected chi connectivity index (χ1v) is 12.2. The van der Waals surface area contributed by atoms with E-state index >= 15 is 0 Å². The van der Waals surface area contributed by atoms with Crippen molar-refractivity contribution < 1.29 is 58.2 Å². The first kappa shape index (κ1) is 34.5. The van der Waals surface area contributed by atoms with Crippen LogP contribution in [0.5, 0.6) is 0 Å². The van der Waals surface area contributed by atoms with Crippen LogP contribution in [0, 0.1) is 0 Å². The van der Waals surface area contributed by atoms with Gasteiger partial charge in [-0.1, -0.05) is 57.1 Å². The van der Waals surface area contributed by atoms with Crippen LogP contribution in [-0.4, -0.2) is 47.5 Å². The zero-order chi connectivity index (χ0) is 30.0. The van der Waals surface area contributed by atoms with Gasteiger partial charge in [-0.3, -0.25) is 0 Å². The van der Waals surface area contributed by atoms with E-state index in [4.69, 9.17) is 5.11 Å². The van der Waals surface area contributed by atoms with Gasteiger partial charge in [-0.25, -0.2) is 9.18 Å². The molecule has 2 N–H and O–H groups in total. The molecular weight excluding hydrogens is 555 g/mol. The molecule has 0 aliphatic rings. The first-order valence-electron chi connectivity index (χ1n) is 12.2. The number of hydrogen-bond acceptors (Lipinski definition) is 2. The number of aliphatic carboxylic acids is 1. The standard InChI is InChI=1S/C25H30F11NO2/c26-21(24(31,32)33,22(27,28)23(29,30)25(34,35)36)16-8-6-4-2-1-3-5-7-9-17-37-19-13-10-18(11-14-19)12-15-20(38)39/h10-15,37H,1-9,16-17H2,(H,38,39). The number of anilines is 1. The number of carboxylic acid groups (broad SMARTS) is 1. The van der Waals surface area contributed by atoms with Crippen LogP contribution in [0.1, 0.15) is 69.8 Å². The summed E-state index contributed by atoms with van der Waals surface area (Å²) in [6, 6.07) is 7.10. The van der Waals surface area contributed by atoms with Gasteiger partial charge in [0.05, 0.1) is 0 Å². The van der Waals surface area contributed by atoms with E-state index < -0.39 is 48.7 Å². The van der Waals surface area contributed by atoms with Gasteiger partial charge in [-0.15, -0.1) is 0 Å². The Labute approximate surface area is 218 Å². The lowest BCUT2D eigenvalue weighted by molar-refractivity contribution is -0.412. The molecular formula is C25H30F11NO2. The van der Waals surface area contributed by atoms with Gasteiger partial charge in [-0.05, 0) is 43.0 Å². The SMILES string of the molecule is O=C(O)C=Cc1ccc(NCCCCCCCCCCCC(F)(C(F)(F)F)C(F)(F)C(F)(F)C(F)(F)F)cc1.